The predicted octanol–water partition coefficient (Wildman–Crippen LogP) is 1.65. The topological polar surface area (TPSA) is 66.8 Å². The van der Waals surface area contributed by atoms with E-state index in [1.165, 1.54) is 0 Å². The Labute approximate surface area is 122 Å². The van der Waals surface area contributed by atoms with E-state index in [2.05, 4.69) is 0 Å². The maximum atomic E-state index is 11.7. The zero-order valence-electron chi connectivity index (χ0n) is 11.7. The highest BCUT2D eigenvalue weighted by molar-refractivity contribution is 8.00. The summed E-state index contributed by atoms with van der Waals surface area (Å²) in [7, 11) is 1.69. The lowest BCUT2D eigenvalue weighted by atomic mass is 10.2. The molecular weight excluding hydrogens is 278 g/mol. The minimum absolute atomic E-state index is 0.0563. The fourth-order valence-electron chi connectivity index (χ4n) is 1.47. The molecule has 1 rings (SSSR count). The van der Waals surface area contributed by atoms with Crippen molar-refractivity contribution in [3.05, 3.63) is 29.8 Å². The van der Waals surface area contributed by atoms with Crippen molar-refractivity contribution in [1.82, 2.24) is 4.90 Å². The first-order valence-electron chi connectivity index (χ1n) is 6.22. The standard InChI is InChI=1S/C14H19NO4S/c1-11-5-3-4-6-12(11)19-8-7-15(2)13(16)9-20-10-14(17)18/h3-6H,7-10H2,1-2H3,(H,17,18). The molecule has 0 atom stereocenters. The molecule has 0 fully saturated rings. The smallest absolute Gasteiger partial charge is 0.313 e. The molecule has 0 aromatic heterocycles. The van der Waals surface area contributed by atoms with Crippen molar-refractivity contribution in [3.63, 3.8) is 0 Å². The zero-order chi connectivity index (χ0) is 15.0. The van der Waals surface area contributed by atoms with Crippen molar-refractivity contribution < 1.29 is 19.4 Å². The van der Waals surface area contributed by atoms with Crippen LogP contribution in [0.3, 0.4) is 0 Å². The fraction of sp³-hybridized carbons (Fsp3) is 0.429. The van der Waals surface area contributed by atoms with Crippen LogP contribution in [0.5, 0.6) is 5.75 Å². The van der Waals surface area contributed by atoms with Crippen molar-refractivity contribution in [2.45, 2.75) is 6.92 Å². The normalized spacial score (nSPS) is 10.1. The van der Waals surface area contributed by atoms with Gasteiger partial charge in [0.1, 0.15) is 12.4 Å². The van der Waals surface area contributed by atoms with Gasteiger partial charge in [-0.3, -0.25) is 9.59 Å². The number of carboxylic acids is 1. The van der Waals surface area contributed by atoms with Crippen LogP contribution >= 0.6 is 11.8 Å². The molecule has 0 saturated carbocycles. The van der Waals surface area contributed by atoms with Gasteiger partial charge in [0.2, 0.25) is 5.91 Å². The Kier molecular flexibility index (Phi) is 6.93. The number of carbonyl (C=O) groups is 2. The van der Waals surface area contributed by atoms with E-state index in [-0.39, 0.29) is 17.4 Å². The third-order valence-corrected chi connectivity index (χ3v) is 3.56. The monoisotopic (exact) mass is 297 g/mol. The van der Waals surface area contributed by atoms with E-state index in [4.69, 9.17) is 9.84 Å². The molecular formula is C14H19NO4S. The third-order valence-electron chi connectivity index (χ3n) is 2.65. The third kappa shape index (κ3) is 5.97. The van der Waals surface area contributed by atoms with Gasteiger partial charge in [-0.15, -0.1) is 11.8 Å². The van der Waals surface area contributed by atoms with Crippen molar-refractivity contribution in [1.29, 1.82) is 0 Å². The average Bonchev–Trinajstić information content (AvgIpc) is 2.40. The van der Waals surface area contributed by atoms with Crippen LogP contribution in [0.15, 0.2) is 24.3 Å². The van der Waals surface area contributed by atoms with Gasteiger partial charge in [0.25, 0.3) is 0 Å². The van der Waals surface area contributed by atoms with Gasteiger partial charge in [-0.2, -0.15) is 0 Å². The van der Waals surface area contributed by atoms with E-state index in [0.717, 1.165) is 23.1 Å². The molecule has 5 nitrogen and oxygen atoms in total. The van der Waals surface area contributed by atoms with Gasteiger partial charge in [0, 0.05) is 7.05 Å². The number of carboxylic acid groups (broad SMARTS) is 1. The van der Waals surface area contributed by atoms with Crippen molar-refractivity contribution in [2.75, 3.05) is 31.7 Å². The molecule has 0 heterocycles. The Morgan fingerprint density at radius 2 is 2.00 bits per heavy atom. The fourth-order valence-corrected chi connectivity index (χ4v) is 2.14. The van der Waals surface area contributed by atoms with Gasteiger partial charge in [-0.25, -0.2) is 0 Å². The number of ether oxygens (including phenoxy) is 1. The Morgan fingerprint density at radius 3 is 2.65 bits per heavy atom. The molecule has 1 aromatic rings. The quantitative estimate of drug-likeness (QED) is 0.790. The number of benzene rings is 1. The lowest BCUT2D eigenvalue weighted by Crippen LogP contribution is -2.32. The summed E-state index contributed by atoms with van der Waals surface area (Å²) >= 11 is 1.10. The maximum Gasteiger partial charge on any atom is 0.313 e. The first kappa shape index (κ1) is 16.4. The molecule has 0 bridgehead atoms. The van der Waals surface area contributed by atoms with Gasteiger partial charge in [0.05, 0.1) is 18.1 Å². The summed E-state index contributed by atoms with van der Waals surface area (Å²) in [6.07, 6.45) is 0. The number of likely N-dealkylation sites (N-methyl/N-ethyl adjacent to an activating group) is 1. The Balaban J connectivity index is 2.25. The molecule has 1 amide bonds. The van der Waals surface area contributed by atoms with E-state index < -0.39 is 5.97 Å². The van der Waals surface area contributed by atoms with Gasteiger partial charge in [0.15, 0.2) is 0 Å². The number of hydrogen-bond acceptors (Lipinski definition) is 4. The van der Waals surface area contributed by atoms with Crippen LogP contribution in [-0.4, -0.2) is 53.6 Å². The molecule has 0 aliphatic carbocycles. The minimum atomic E-state index is -0.909. The summed E-state index contributed by atoms with van der Waals surface area (Å²) in [5, 5.41) is 8.49. The van der Waals surface area contributed by atoms with E-state index in [9.17, 15) is 9.59 Å². The molecule has 20 heavy (non-hydrogen) atoms. The highest BCUT2D eigenvalue weighted by atomic mass is 32.2. The van der Waals surface area contributed by atoms with E-state index in [0.29, 0.717) is 13.2 Å². The summed E-state index contributed by atoms with van der Waals surface area (Å²) in [5.74, 6) is -0.0708. The van der Waals surface area contributed by atoms with Crippen LogP contribution < -0.4 is 4.74 Å². The van der Waals surface area contributed by atoms with Crippen LogP contribution in [0.25, 0.3) is 0 Å². The number of hydrogen-bond donors (Lipinski definition) is 1. The van der Waals surface area contributed by atoms with Crippen LogP contribution in [-0.2, 0) is 9.59 Å². The second-order valence-electron chi connectivity index (χ2n) is 4.32. The highest BCUT2D eigenvalue weighted by Gasteiger charge is 2.10. The number of rotatable bonds is 8. The molecule has 0 spiro atoms. The molecule has 1 aromatic carbocycles. The van der Waals surface area contributed by atoms with E-state index >= 15 is 0 Å². The Bertz CT molecular complexity index is 464. The SMILES string of the molecule is Cc1ccccc1OCCN(C)C(=O)CSCC(=O)O. The number of aryl methyl sites for hydroxylation is 1. The van der Waals surface area contributed by atoms with Crippen LogP contribution in [0.4, 0.5) is 0 Å². The average molecular weight is 297 g/mol. The number of carbonyl (C=O) groups excluding carboxylic acids is 1. The summed E-state index contributed by atoms with van der Waals surface area (Å²) in [6, 6.07) is 7.70. The second-order valence-corrected chi connectivity index (χ2v) is 5.30. The molecule has 0 saturated heterocycles. The first-order valence-corrected chi connectivity index (χ1v) is 7.38. The molecule has 0 aliphatic heterocycles. The summed E-state index contributed by atoms with van der Waals surface area (Å²) in [4.78, 5) is 23.6. The van der Waals surface area contributed by atoms with Crippen LogP contribution in [0, 0.1) is 6.92 Å². The molecule has 1 N–H and O–H groups in total. The van der Waals surface area contributed by atoms with Crippen LogP contribution in [0.1, 0.15) is 5.56 Å². The van der Waals surface area contributed by atoms with Gasteiger partial charge >= 0.3 is 5.97 Å². The molecule has 0 radical (unpaired) electrons. The van der Waals surface area contributed by atoms with Crippen LogP contribution in [0.2, 0.25) is 0 Å². The van der Waals surface area contributed by atoms with Gasteiger partial charge < -0.3 is 14.7 Å². The molecule has 110 valence electrons. The molecule has 6 heteroatoms. The number of para-hydroxylation sites is 1. The van der Waals surface area contributed by atoms with Gasteiger partial charge in [-0.1, -0.05) is 18.2 Å². The van der Waals surface area contributed by atoms with Crippen molar-refractivity contribution >= 4 is 23.6 Å². The predicted molar refractivity (Wildman–Crippen MR) is 79.3 cm³/mol. The van der Waals surface area contributed by atoms with Crippen molar-refractivity contribution in [3.8, 4) is 5.75 Å². The first-order chi connectivity index (χ1) is 9.50. The number of nitrogens with zero attached hydrogens (tertiary/aromatic N) is 1. The number of thioether (sulfide) groups is 1. The van der Waals surface area contributed by atoms with Crippen molar-refractivity contribution in [2.24, 2.45) is 0 Å². The van der Waals surface area contributed by atoms with E-state index in [1.807, 2.05) is 31.2 Å². The second kappa shape index (κ2) is 8.47. The molecule has 0 unspecified atom stereocenters. The van der Waals surface area contributed by atoms with E-state index in [1.54, 1.807) is 11.9 Å². The summed E-state index contributed by atoms with van der Waals surface area (Å²) in [5.41, 5.74) is 1.05. The zero-order valence-corrected chi connectivity index (χ0v) is 12.5. The molecule has 0 aliphatic rings. The summed E-state index contributed by atoms with van der Waals surface area (Å²) in [6.45, 7) is 2.85. The minimum Gasteiger partial charge on any atom is -0.491 e. The Hall–Kier alpha value is -1.69. The Morgan fingerprint density at radius 1 is 1.30 bits per heavy atom. The maximum absolute atomic E-state index is 11.7. The van der Waals surface area contributed by atoms with Gasteiger partial charge in [-0.05, 0) is 18.6 Å². The highest BCUT2D eigenvalue weighted by Crippen LogP contribution is 2.15. The largest absolute Gasteiger partial charge is 0.491 e. The number of amides is 1. The lowest BCUT2D eigenvalue weighted by molar-refractivity contribution is -0.133. The number of aliphatic carboxylic acids is 1. The lowest BCUT2D eigenvalue weighted by Gasteiger charge is -2.17. The summed E-state index contributed by atoms with van der Waals surface area (Å²) < 4.78 is 5.61.